The summed E-state index contributed by atoms with van der Waals surface area (Å²) < 4.78 is 12.3. The molecule has 2 saturated heterocycles. The molecule has 0 saturated carbocycles. The first-order valence-electron chi connectivity index (χ1n) is 8.58. The smallest absolute Gasteiger partial charge is 0.399 e. The van der Waals surface area contributed by atoms with Crippen molar-refractivity contribution in [2.45, 2.75) is 38.9 Å². The van der Waals surface area contributed by atoms with Crippen LogP contribution in [-0.4, -0.2) is 42.4 Å². The maximum Gasteiger partial charge on any atom is 0.494 e. The Labute approximate surface area is 147 Å². The Morgan fingerprint density at radius 3 is 2.52 bits per heavy atom. The van der Waals surface area contributed by atoms with Crippen LogP contribution in [0.5, 0.6) is 0 Å². The maximum absolute atomic E-state index is 12.1. The molecule has 130 valence electrons. The summed E-state index contributed by atoms with van der Waals surface area (Å²) in [5.41, 5.74) is 0.151. The van der Waals surface area contributed by atoms with Crippen molar-refractivity contribution in [3.05, 3.63) is 30.5 Å². The number of nitrogens with zero attached hydrogens (tertiary/aromatic N) is 2. The second kappa shape index (κ2) is 5.44. The maximum atomic E-state index is 12.1. The predicted molar refractivity (Wildman–Crippen MR) is 98.2 cm³/mol. The summed E-state index contributed by atoms with van der Waals surface area (Å²) in [4.78, 5) is 18.2. The van der Waals surface area contributed by atoms with Crippen LogP contribution in [0.15, 0.2) is 30.5 Å². The number of carbonyl (C=O) groups is 1. The fourth-order valence-electron chi connectivity index (χ4n) is 3.19. The number of amides is 2. The van der Waals surface area contributed by atoms with Gasteiger partial charge in [0.2, 0.25) is 0 Å². The molecular weight excluding hydrogens is 317 g/mol. The first kappa shape index (κ1) is 16.4. The van der Waals surface area contributed by atoms with Crippen molar-refractivity contribution in [1.29, 1.82) is 0 Å². The van der Waals surface area contributed by atoms with Crippen LogP contribution in [0.25, 0.3) is 10.8 Å². The molecule has 1 aromatic heterocycles. The quantitative estimate of drug-likeness (QED) is 0.851. The Hall–Kier alpha value is -2.12. The van der Waals surface area contributed by atoms with E-state index in [0.717, 1.165) is 16.2 Å². The van der Waals surface area contributed by atoms with Crippen LogP contribution in [0, 0.1) is 0 Å². The van der Waals surface area contributed by atoms with Crippen molar-refractivity contribution in [2.75, 3.05) is 18.0 Å². The van der Waals surface area contributed by atoms with Gasteiger partial charge >= 0.3 is 13.1 Å². The lowest BCUT2D eigenvalue weighted by atomic mass is 9.78. The lowest BCUT2D eigenvalue weighted by Gasteiger charge is -2.32. The molecule has 0 atom stereocenters. The molecule has 0 radical (unpaired) electrons. The number of hydrogen-bond donors (Lipinski definition) is 1. The normalized spacial score (nSPS) is 21.8. The molecule has 2 amide bonds. The second-order valence-corrected chi connectivity index (χ2v) is 7.59. The van der Waals surface area contributed by atoms with Crippen molar-refractivity contribution in [3.8, 4) is 0 Å². The Morgan fingerprint density at radius 2 is 1.88 bits per heavy atom. The standard InChI is InChI=1S/C18H22BN3O3/c1-17(2)18(3,4)25-19(24-17)13-6-5-12-7-8-20-15(14(12)11-13)22-10-9-21-16(22)23/h5-8,11H,9-10H2,1-4H3,(H,21,23). The zero-order valence-electron chi connectivity index (χ0n) is 15.0. The molecule has 3 heterocycles. The molecule has 25 heavy (non-hydrogen) atoms. The van der Waals surface area contributed by atoms with E-state index in [-0.39, 0.29) is 17.2 Å². The lowest BCUT2D eigenvalue weighted by molar-refractivity contribution is 0.00578. The van der Waals surface area contributed by atoms with Gasteiger partial charge in [-0.05, 0) is 44.6 Å². The summed E-state index contributed by atoms with van der Waals surface area (Å²) in [5, 5.41) is 4.78. The zero-order chi connectivity index (χ0) is 17.8. The fraction of sp³-hybridized carbons (Fsp3) is 0.444. The molecular formula is C18H22BN3O3. The Morgan fingerprint density at radius 1 is 1.16 bits per heavy atom. The second-order valence-electron chi connectivity index (χ2n) is 7.59. The van der Waals surface area contributed by atoms with E-state index in [1.54, 1.807) is 11.1 Å². The third kappa shape index (κ3) is 2.58. The molecule has 2 aliphatic heterocycles. The molecule has 1 aromatic carbocycles. The van der Waals surface area contributed by atoms with Crippen molar-refractivity contribution in [3.63, 3.8) is 0 Å². The average molecular weight is 339 g/mol. The van der Waals surface area contributed by atoms with E-state index in [1.165, 1.54) is 0 Å². The van der Waals surface area contributed by atoms with E-state index in [9.17, 15) is 4.79 Å². The molecule has 1 N–H and O–H groups in total. The van der Waals surface area contributed by atoms with E-state index < -0.39 is 7.12 Å². The van der Waals surface area contributed by atoms with Gasteiger partial charge in [-0.3, -0.25) is 4.90 Å². The van der Waals surface area contributed by atoms with Crippen molar-refractivity contribution < 1.29 is 14.1 Å². The van der Waals surface area contributed by atoms with Crippen molar-refractivity contribution in [2.24, 2.45) is 0 Å². The van der Waals surface area contributed by atoms with Gasteiger partial charge in [-0.2, -0.15) is 0 Å². The van der Waals surface area contributed by atoms with Gasteiger partial charge in [0.25, 0.3) is 0 Å². The van der Waals surface area contributed by atoms with Gasteiger partial charge in [0, 0.05) is 24.7 Å². The summed E-state index contributed by atoms with van der Waals surface area (Å²) in [7, 11) is -0.435. The Balaban J connectivity index is 1.77. The molecule has 0 bridgehead atoms. The SMILES string of the molecule is CC1(C)OB(c2ccc3ccnc(N4CCNC4=O)c3c2)OC1(C)C. The molecule has 0 aliphatic carbocycles. The monoisotopic (exact) mass is 339 g/mol. The van der Waals surface area contributed by atoms with Crippen molar-refractivity contribution >= 4 is 35.2 Å². The van der Waals surface area contributed by atoms with Gasteiger partial charge < -0.3 is 14.6 Å². The average Bonchev–Trinajstić information content (AvgIpc) is 3.07. The number of pyridine rings is 1. The number of fused-ring (bicyclic) bond motifs is 1. The van der Waals surface area contributed by atoms with Gasteiger partial charge in [-0.25, -0.2) is 9.78 Å². The third-order valence-corrected chi connectivity index (χ3v) is 5.41. The predicted octanol–water partition coefficient (Wildman–Crippen LogP) is 2.06. The number of carbonyl (C=O) groups excluding carboxylic acids is 1. The van der Waals surface area contributed by atoms with E-state index >= 15 is 0 Å². The van der Waals surface area contributed by atoms with Crippen LogP contribution in [0.1, 0.15) is 27.7 Å². The molecule has 7 heteroatoms. The Bertz CT molecular complexity index is 837. The van der Waals surface area contributed by atoms with Gasteiger partial charge in [0.1, 0.15) is 5.82 Å². The highest BCUT2D eigenvalue weighted by Gasteiger charge is 2.51. The number of anilines is 1. The van der Waals surface area contributed by atoms with Gasteiger partial charge in [-0.15, -0.1) is 0 Å². The van der Waals surface area contributed by atoms with Crippen LogP contribution >= 0.6 is 0 Å². The summed E-state index contributed by atoms with van der Waals surface area (Å²) in [5.74, 6) is 0.672. The molecule has 2 aliphatic rings. The zero-order valence-corrected chi connectivity index (χ0v) is 15.0. The summed E-state index contributed by atoms with van der Waals surface area (Å²) in [6.07, 6.45) is 1.73. The lowest BCUT2D eigenvalue weighted by Crippen LogP contribution is -2.41. The minimum Gasteiger partial charge on any atom is -0.399 e. The van der Waals surface area contributed by atoms with Crippen LogP contribution in [0.2, 0.25) is 0 Å². The van der Waals surface area contributed by atoms with Gasteiger partial charge in [0.15, 0.2) is 0 Å². The highest BCUT2D eigenvalue weighted by atomic mass is 16.7. The molecule has 0 spiro atoms. The van der Waals surface area contributed by atoms with Crippen molar-refractivity contribution in [1.82, 2.24) is 10.3 Å². The van der Waals surface area contributed by atoms with Crippen LogP contribution in [-0.2, 0) is 9.31 Å². The Kier molecular flexibility index (Phi) is 3.56. The number of nitrogens with one attached hydrogen (secondary N) is 1. The molecule has 0 unspecified atom stereocenters. The topological polar surface area (TPSA) is 63.7 Å². The van der Waals surface area contributed by atoms with Crippen LogP contribution in [0.3, 0.4) is 0 Å². The summed E-state index contributed by atoms with van der Waals surface area (Å²) in [6, 6.07) is 7.89. The third-order valence-electron chi connectivity index (χ3n) is 5.41. The van der Waals surface area contributed by atoms with E-state index in [2.05, 4.69) is 10.3 Å². The van der Waals surface area contributed by atoms with Gasteiger partial charge in [-0.1, -0.05) is 18.2 Å². The number of urea groups is 1. The number of rotatable bonds is 2. The van der Waals surface area contributed by atoms with Crippen LogP contribution < -0.4 is 15.7 Å². The molecule has 2 aromatic rings. The number of hydrogen-bond acceptors (Lipinski definition) is 4. The highest BCUT2D eigenvalue weighted by Crippen LogP contribution is 2.37. The first-order valence-corrected chi connectivity index (χ1v) is 8.58. The molecule has 2 fully saturated rings. The molecule has 6 nitrogen and oxygen atoms in total. The van der Waals surface area contributed by atoms with Gasteiger partial charge in [0.05, 0.1) is 11.2 Å². The van der Waals surface area contributed by atoms with E-state index in [4.69, 9.17) is 9.31 Å². The van der Waals surface area contributed by atoms with E-state index in [0.29, 0.717) is 18.9 Å². The summed E-state index contributed by atoms with van der Waals surface area (Å²) >= 11 is 0. The number of aromatic nitrogens is 1. The minimum absolute atomic E-state index is 0.110. The van der Waals surface area contributed by atoms with E-state index in [1.807, 2.05) is 52.0 Å². The highest BCUT2D eigenvalue weighted by molar-refractivity contribution is 6.62. The number of benzene rings is 1. The summed E-state index contributed by atoms with van der Waals surface area (Å²) in [6.45, 7) is 9.40. The fourth-order valence-corrected chi connectivity index (χ4v) is 3.19. The van der Waals surface area contributed by atoms with Crippen LogP contribution in [0.4, 0.5) is 10.6 Å². The minimum atomic E-state index is -0.435. The largest absolute Gasteiger partial charge is 0.494 e. The first-order chi connectivity index (χ1) is 11.8. The molecule has 4 rings (SSSR count).